The summed E-state index contributed by atoms with van der Waals surface area (Å²) in [4.78, 5) is 22.9. The number of nitrogens with one attached hydrogen (secondary N) is 1. The minimum absolute atomic E-state index is 0.0430. The second-order valence-corrected chi connectivity index (χ2v) is 9.61. The van der Waals surface area contributed by atoms with Crippen LogP contribution in [0, 0.1) is 10.1 Å². The highest BCUT2D eigenvalue weighted by molar-refractivity contribution is 7.89. The van der Waals surface area contributed by atoms with Crippen molar-refractivity contribution in [1.82, 2.24) is 4.31 Å². The molecule has 0 bridgehead atoms. The van der Waals surface area contributed by atoms with Gasteiger partial charge in [-0.15, -0.1) is 0 Å². The highest BCUT2D eigenvalue weighted by atomic mass is 35.5. The first-order valence-corrected chi connectivity index (χ1v) is 11.3. The Hall–Kier alpha value is -2.49. The van der Waals surface area contributed by atoms with E-state index in [1.54, 1.807) is 4.31 Å². The Bertz CT molecular complexity index is 1060. The second kappa shape index (κ2) is 8.71. The molecule has 0 spiro atoms. The summed E-state index contributed by atoms with van der Waals surface area (Å²) < 4.78 is 27.7. The van der Waals surface area contributed by atoms with Crippen LogP contribution in [0.1, 0.15) is 43.5 Å². The van der Waals surface area contributed by atoms with E-state index >= 15 is 0 Å². The summed E-state index contributed by atoms with van der Waals surface area (Å²) in [6.07, 6.45) is 2.64. The summed E-state index contributed by atoms with van der Waals surface area (Å²) in [5.74, 6) is -0.627. The zero-order valence-electron chi connectivity index (χ0n) is 16.5. The van der Waals surface area contributed by atoms with Gasteiger partial charge in [-0.05, 0) is 57.0 Å². The number of nitro groups is 1. The van der Waals surface area contributed by atoms with Gasteiger partial charge < -0.3 is 5.32 Å². The molecule has 10 heteroatoms. The lowest BCUT2D eigenvalue weighted by Gasteiger charge is -2.37. The minimum atomic E-state index is -3.66. The van der Waals surface area contributed by atoms with Gasteiger partial charge in [0, 0.05) is 29.9 Å². The second-order valence-electron chi connectivity index (χ2n) is 7.36. The number of hydrogen-bond acceptors (Lipinski definition) is 5. The molecular weight excluding hydrogens is 430 g/mol. The van der Waals surface area contributed by atoms with Gasteiger partial charge in [0.15, 0.2) is 0 Å². The number of hydrogen-bond donors (Lipinski definition) is 1. The van der Waals surface area contributed by atoms with Crippen LogP contribution < -0.4 is 5.32 Å². The third-order valence-corrected chi connectivity index (χ3v) is 7.68. The zero-order valence-corrected chi connectivity index (χ0v) is 18.1. The van der Waals surface area contributed by atoms with E-state index in [9.17, 15) is 23.3 Å². The van der Waals surface area contributed by atoms with Crippen molar-refractivity contribution in [3.63, 3.8) is 0 Å². The number of piperidine rings is 1. The molecule has 1 aliphatic heterocycles. The van der Waals surface area contributed by atoms with E-state index in [-0.39, 0.29) is 33.3 Å². The van der Waals surface area contributed by atoms with Crippen LogP contribution in [0.3, 0.4) is 0 Å². The van der Waals surface area contributed by atoms with E-state index in [2.05, 4.69) is 5.32 Å². The van der Waals surface area contributed by atoms with Crippen LogP contribution in [0.4, 0.5) is 11.4 Å². The predicted molar refractivity (Wildman–Crippen MR) is 114 cm³/mol. The van der Waals surface area contributed by atoms with Crippen LogP contribution in [0.15, 0.2) is 47.4 Å². The maximum atomic E-state index is 13.1. The molecule has 1 amide bonds. The van der Waals surface area contributed by atoms with Crippen LogP contribution in [-0.4, -0.2) is 35.6 Å². The molecule has 8 nitrogen and oxygen atoms in total. The molecule has 0 radical (unpaired) electrons. The summed E-state index contributed by atoms with van der Waals surface area (Å²) >= 11 is 5.99. The van der Waals surface area contributed by atoms with Crippen LogP contribution in [-0.2, 0) is 10.0 Å². The maximum absolute atomic E-state index is 13.1. The summed E-state index contributed by atoms with van der Waals surface area (Å²) in [5, 5.41) is 13.6. The van der Waals surface area contributed by atoms with Crippen molar-refractivity contribution >= 4 is 38.9 Å². The van der Waals surface area contributed by atoms with Crippen LogP contribution in [0.2, 0.25) is 5.02 Å². The first-order chi connectivity index (χ1) is 14.1. The van der Waals surface area contributed by atoms with E-state index in [0.717, 1.165) is 25.3 Å². The first-order valence-electron chi connectivity index (χ1n) is 9.50. The van der Waals surface area contributed by atoms with Crippen LogP contribution in [0.5, 0.6) is 0 Å². The lowest BCUT2D eigenvalue weighted by Crippen LogP contribution is -2.47. The van der Waals surface area contributed by atoms with Crippen LogP contribution in [0.25, 0.3) is 0 Å². The topological polar surface area (TPSA) is 110 Å². The van der Waals surface area contributed by atoms with Gasteiger partial charge in [-0.3, -0.25) is 14.9 Å². The Labute approximate surface area is 180 Å². The number of sulfonamides is 1. The number of rotatable bonds is 5. The van der Waals surface area contributed by atoms with Gasteiger partial charge in [0.2, 0.25) is 10.0 Å². The quantitative estimate of drug-likeness (QED) is 0.533. The van der Waals surface area contributed by atoms with Gasteiger partial charge in [0.25, 0.3) is 11.6 Å². The monoisotopic (exact) mass is 451 g/mol. The van der Waals surface area contributed by atoms with Gasteiger partial charge in [0.1, 0.15) is 0 Å². The fraction of sp³-hybridized carbons (Fsp3) is 0.350. The molecule has 30 heavy (non-hydrogen) atoms. The largest absolute Gasteiger partial charge is 0.322 e. The molecule has 2 unspecified atom stereocenters. The number of carbonyl (C=O) groups is 1. The molecule has 160 valence electrons. The molecule has 1 aliphatic rings. The van der Waals surface area contributed by atoms with Crippen molar-refractivity contribution in [1.29, 1.82) is 0 Å². The number of nitro benzene ring substituents is 1. The van der Waals surface area contributed by atoms with Crippen molar-refractivity contribution in [2.45, 2.75) is 50.1 Å². The molecule has 1 N–H and O–H groups in total. The molecule has 2 aromatic rings. The molecule has 2 aromatic carbocycles. The van der Waals surface area contributed by atoms with E-state index in [1.165, 1.54) is 36.4 Å². The Morgan fingerprint density at radius 1 is 1.13 bits per heavy atom. The molecule has 1 heterocycles. The smallest absolute Gasteiger partial charge is 0.270 e. The molecule has 0 saturated carbocycles. The molecule has 0 aliphatic carbocycles. The predicted octanol–water partition coefficient (Wildman–Crippen LogP) is 4.45. The number of halogens is 1. The number of nitrogens with zero attached hydrogens (tertiary/aromatic N) is 2. The van der Waals surface area contributed by atoms with Gasteiger partial charge in [-0.1, -0.05) is 18.0 Å². The van der Waals surface area contributed by atoms with Gasteiger partial charge in [-0.25, -0.2) is 8.42 Å². The molecule has 1 fully saturated rings. The number of anilines is 1. The average molecular weight is 452 g/mol. The van der Waals surface area contributed by atoms with Crippen molar-refractivity contribution in [2.24, 2.45) is 0 Å². The van der Waals surface area contributed by atoms with Crippen molar-refractivity contribution in [3.05, 3.63) is 63.2 Å². The summed E-state index contributed by atoms with van der Waals surface area (Å²) in [6, 6.07) is 9.28. The van der Waals surface area contributed by atoms with Crippen LogP contribution >= 0.6 is 11.6 Å². The third-order valence-electron chi connectivity index (χ3n) is 5.21. The maximum Gasteiger partial charge on any atom is 0.270 e. The van der Waals surface area contributed by atoms with E-state index in [0.29, 0.717) is 5.69 Å². The molecular formula is C20H22ClN3O5S. The van der Waals surface area contributed by atoms with Gasteiger partial charge in [0.05, 0.1) is 20.4 Å². The number of benzene rings is 2. The summed E-state index contributed by atoms with van der Waals surface area (Å²) in [5.41, 5.74) is 0.0514. The molecule has 3 rings (SSSR count). The van der Waals surface area contributed by atoms with E-state index < -0.39 is 20.9 Å². The highest BCUT2D eigenvalue weighted by Gasteiger charge is 2.35. The van der Waals surface area contributed by atoms with Crippen molar-refractivity contribution in [2.75, 3.05) is 5.32 Å². The number of amides is 1. The molecule has 0 aromatic heterocycles. The lowest BCUT2D eigenvalue weighted by atomic mass is 10.0. The van der Waals surface area contributed by atoms with E-state index in [1.807, 2.05) is 13.8 Å². The normalized spacial score (nSPS) is 20.0. The van der Waals surface area contributed by atoms with Crippen molar-refractivity contribution < 1.29 is 18.1 Å². The fourth-order valence-electron chi connectivity index (χ4n) is 3.70. The SMILES string of the molecule is CC1CCCC(C)N1S(=O)(=O)c1ccc(NC(=O)c2cc([N+](=O)[O-])ccc2Cl)cc1. The summed E-state index contributed by atoms with van der Waals surface area (Å²) in [7, 11) is -3.66. The Morgan fingerprint density at radius 3 is 2.30 bits per heavy atom. The van der Waals surface area contributed by atoms with E-state index in [4.69, 9.17) is 11.6 Å². The highest BCUT2D eigenvalue weighted by Crippen LogP contribution is 2.30. The standard InChI is InChI=1S/C20H22ClN3O5S/c1-13-4-3-5-14(2)23(13)30(28,29)17-9-6-15(7-10-17)22-20(25)18-12-16(24(26)27)8-11-19(18)21/h6-14H,3-5H2,1-2H3,(H,22,25). The first kappa shape index (κ1) is 22.2. The van der Waals surface area contributed by atoms with Gasteiger partial charge >= 0.3 is 0 Å². The third kappa shape index (κ3) is 4.48. The molecule has 2 atom stereocenters. The Kier molecular flexibility index (Phi) is 6.44. The Balaban J connectivity index is 1.80. The summed E-state index contributed by atoms with van der Waals surface area (Å²) in [6.45, 7) is 3.81. The fourth-order valence-corrected chi connectivity index (χ4v) is 5.79. The van der Waals surface area contributed by atoms with Gasteiger partial charge in [-0.2, -0.15) is 4.31 Å². The minimum Gasteiger partial charge on any atom is -0.322 e. The zero-order chi connectivity index (χ0) is 22.1. The molecule has 1 saturated heterocycles. The Morgan fingerprint density at radius 2 is 1.73 bits per heavy atom. The lowest BCUT2D eigenvalue weighted by molar-refractivity contribution is -0.384. The van der Waals surface area contributed by atoms with Crippen molar-refractivity contribution in [3.8, 4) is 0 Å². The number of non-ortho nitro benzene ring substituents is 1. The number of carbonyl (C=O) groups excluding carboxylic acids is 1. The average Bonchev–Trinajstić information content (AvgIpc) is 2.68.